The number of carbonyl (C=O) groups is 2. The molecule has 104 valence electrons. The third kappa shape index (κ3) is 11.0. The second kappa shape index (κ2) is 9.56. The van der Waals surface area contributed by atoms with Crippen molar-refractivity contribution in [1.82, 2.24) is 0 Å². The van der Waals surface area contributed by atoms with Gasteiger partial charge in [-0.15, -0.1) is 0 Å². The van der Waals surface area contributed by atoms with Gasteiger partial charge in [0, 0.05) is 0 Å². The SMILES string of the molecule is CC(C)COC(=O)CN=NCC(=O)OCC(C)C. The fourth-order valence-electron chi connectivity index (χ4n) is 0.826. The molecule has 0 aliphatic rings. The van der Waals surface area contributed by atoms with E-state index in [4.69, 9.17) is 9.47 Å². The maximum atomic E-state index is 11.1. The van der Waals surface area contributed by atoms with Gasteiger partial charge in [0.05, 0.1) is 13.2 Å². The summed E-state index contributed by atoms with van der Waals surface area (Å²) in [5, 5.41) is 7.13. The van der Waals surface area contributed by atoms with Crippen LogP contribution in [0.3, 0.4) is 0 Å². The molecule has 6 heteroatoms. The molecule has 0 atom stereocenters. The molecule has 0 bridgehead atoms. The first-order valence-corrected chi connectivity index (χ1v) is 6.06. The van der Waals surface area contributed by atoms with Crippen LogP contribution in [0.2, 0.25) is 0 Å². The van der Waals surface area contributed by atoms with Crippen molar-refractivity contribution in [2.75, 3.05) is 26.3 Å². The van der Waals surface area contributed by atoms with Crippen molar-refractivity contribution in [1.29, 1.82) is 0 Å². The Balaban J connectivity index is 3.64. The van der Waals surface area contributed by atoms with Gasteiger partial charge >= 0.3 is 11.9 Å². The zero-order chi connectivity index (χ0) is 14.0. The third-order valence-corrected chi connectivity index (χ3v) is 1.65. The quantitative estimate of drug-likeness (QED) is 0.491. The summed E-state index contributed by atoms with van der Waals surface area (Å²) in [5.41, 5.74) is 0. The van der Waals surface area contributed by atoms with Gasteiger partial charge < -0.3 is 9.47 Å². The monoisotopic (exact) mass is 258 g/mol. The van der Waals surface area contributed by atoms with Gasteiger partial charge in [-0.3, -0.25) is 0 Å². The molecular weight excluding hydrogens is 236 g/mol. The molecule has 0 aromatic carbocycles. The predicted octanol–water partition coefficient (Wildman–Crippen LogP) is 1.84. The second-order valence-electron chi connectivity index (χ2n) is 4.75. The van der Waals surface area contributed by atoms with Crippen LogP contribution in [0.15, 0.2) is 10.2 Å². The van der Waals surface area contributed by atoms with E-state index in [1.807, 2.05) is 27.7 Å². The van der Waals surface area contributed by atoms with Crippen LogP contribution >= 0.6 is 0 Å². The standard InChI is InChI=1S/C12H22N2O4/c1-9(2)7-17-11(15)5-13-14-6-12(16)18-8-10(3)4/h9-10H,5-8H2,1-4H3. The number of hydrogen-bond donors (Lipinski definition) is 0. The summed E-state index contributed by atoms with van der Waals surface area (Å²) >= 11 is 0. The normalized spacial score (nSPS) is 11.2. The van der Waals surface area contributed by atoms with Gasteiger partial charge in [-0.05, 0) is 11.8 Å². The van der Waals surface area contributed by atoms with E-state index >= 15 is 0 Å². The molecular formula is C12H22N2O4. The molecule has 0 aliphatic carbocycles. The average molecular weight is 258 g/mol. The molecule has 0 amide bonds. The minimum Gasteiger partial charge on any atom is -0.464 e. The number of esters is 2. The molecule has 0 aromatic heterocycles. The molecule has 0 fully saturated rings. The van der Waals surface area contributed by atoms with Crippen molar-refractivity contribution in [2.45, 2.75) is 27.7 Å². The van der Waals surface area contributed by atoms with Crippen LogP contribution in [-0.4, -0.2) is 38.2 Å². The third-order valence-electron chi connectivity index (χ3n) is 1.65. The van der Waals surface area contributed by atoms with Crippen molar-refractivity contribution in [2.24, 2.45) is 22.1 Å². The fraction of sp³-hybridized carbons (Fsp3) is 0.833. The Morgan fingerprint density at radius 1 is 0.833 bits per heavy atom. The predicted molar refractivity (Wildman–Crippen MR) is 66.2 cm³/mol. The van der Waals surface area contributed by atoms with Crippen LogP contribution < -0.4 is 0 Å². The highest BCUT2D eigenvalue weighted by molar-refractivity contribution is 5.72. The smallest absolute Gasteiger partial charge is 0.329 e. The summed E-state index contributed by atoms with van der Waals surface area (Å²) in [4.78, 5) is 22.2. The molecule has 6 nitrogen and oxygen atoms in total. The highest BCUT2D eigenvalue weighted by Crippen LogP contribution is 1.94. The molecule has 0 rings (SSSR count). The summed E-state index contributed by atoms with van der Waals surface area (Å²) in [5.74, 6) is -0.306. The summed E-state index contributed by atoms with van der Waals surface area (Å²) in [6, 6.07) is 0. The fourth-order valence-corrected chi connectivity index (χ4v) is 0.826. The van der Waals surface area contributed by atoms with E-state index in [-0.39, 0.29) is 24.9 Å². The van der Waals surface area contributed by atoms with E-state index in [0.29, 0.717) is 13.2 Å². The highest BCUT2D eigenvalue weighted by atomic mass is 16.5. The summed E-state index contributed by atoms with van der Waals surface area (Å²) in [6.07, 6.45) is 0. The molecule has 18 heavy (non-hydrogen) atoms. The summed E-state index contributed by atoms with van der Waals surface area (Å²) in [6.45, 7) is 8.18. The first-order valence-electron chi connectivity index (χ1n) is 6.06. The molecule has 0 N–H and O–H groups in total. The van der Waals surface area contributed by atoms with E-state index in [1.54, 1.807) is 0 Å². The minimum absolute atomic E-state index is 0.163. The van der Waals surface area contributed by atoms with Crippen LogP contribution in [0.5, 0.6) is 0 Å². The van der Waals surface area contributed by atoms with E-state index in [0.717, 1.165) is 0 Å². The van der Waals surface area contributed by atoms with Gasteiger partial charge in [-0.25, -0.2) is 9.59 Å². The van der Waals surface area contributed by atoms with Gasteiger partial charge in [0.15, 0.2) is 13.1 Å². The molecule has 0 radical (unpaired) electrons. The first kappa shape index (κ1) is 16.5. The van der Waals surface area contributed by atoms with Crippen molar-refractivity contribution in [3.05, 3.63) is 0 Å². The van der Waals surface area contributed by atoms with Gasteiger partial charge in [0.25, 0.3) is 0 Å². The molecule has 0 aliphatic heterocycles. The number of rotatable bonds is 8. The summed E-state index contributed by atoms with van der Waals surface area (Å²) < 4.78 is 9.76. The highest BCUT2D eigenvalue weighted by Gasteiger charge is 2.04. The van der Waals surface area contributed by atoms with Crippen molar-refractivity contribution >= 4 is 11.9 Å². The Kier molecular flexibility index (Phi) is 8.78. The first-order chi connectivity index (χ1) is 8.41. The van der Waals surface area contributed by atoms with Gasteiger partial charge in [-0.1, -0.05) is 27.7 Å². The number of azo groups is 1. The molecule has 0 saturated carbocycles. The lowest BCUT2D eigenvalue weighted by atomic mass is 10.2. The Hall–Kier alpha value is -1.46. The van der Waals surface area contributed by atoms with E-state index in [2.05, 4.69) is 10.2 Å². The molecule has 0 saturated heterocycles. The lowest BCUT2D eigenvalue weighted by molar-refractivity contribution is -0.144. The molecule has 0 heterocycles. The van der Waals surface area contributed by atoms with Crippen LogP contribution in [0.4, 0.5) is 0 Å². The Bertz CT molecular complexity index is 260. The largest absolute Gasteiger partial charge is 0.464 e. The number of nitrogens with zero attached hydrogens (tertiary/aromatic N) is 2. The zero-order valence-corrected chi connectivity index (χ0v) is 11.5. The van der Waals surface area contributed by atoms with Crippen molar-refractivity contribution < 1.29 is 19.1 Å². The molecule has 0 unspecified atom stereocenters. The number of hydrogen-bond acceptors (Lipinski definition) is 6. The van der Waals surface area contributed by atoms with Gasteiger partial charge in [-0.2, -0.15) is 10.2 Å². The van der Waals surface area contributed by atoms with Crippen LogP contribution in [0.25, 0.3) is 0 Å². The van der Waals surface area contributed by atoms with Crippen molar-refractivity contribution in [3.8, 4) is 0 Å². The van der Waals surface area contributed by atoms with E-state index < -0.39 is 11.9 Å². The molecule has 0 spiro atoms. The Morgan fingerprint density at radius 3 is 1.44 bits per heavy atom. The maximum Gasteiger partial charge on any atom is 0.329 e. The van der Waals surface area contributed by atoms with E-state index in [1.165, 1.54) is 0 Å². The lowest BCUT2D eigenvalue weighted by Gasteiger charge is -2.05. The maximum absolute atomic E-state index is 11.1. The van der Waals surface area contributed by atoms with Gasteiger partial charge in [0.2, 0.25) is 0 Å². The van der Waals surface area contributed by atoms with Crippen LogP contribution in [0.1, 0.15) is 27.7 Å². The number of ether oxygens (including phenoxy) is 2. The Morgan fingerprint density at radius 2 is 1.17 bits per heavy atom. The Labute approximate surface area is 108 Å². The van der Waals surface area contributed by atoms with Gasteiger partial charge in [0.1, 0.15) is 0 Å². The lowest BCUT2D eigenvalue weighted by Crippen LogP contribution is -2.13. The number of carbonyl (C=O) groups excluding carboxylic acids is 2. The van der Waals surface area contributed by atoms with Crippen LogP contribution in [0, 0.1) is 11.8 Å². The van der Waals surface area contributed by atoms with E-state index in [9.17, 15) is 9.59 Å². The topological polar surface area (TPSA) is 77.3 Å². The zero-order valence-electron chi connectivity index (χ0n) is 11.5. The average Bonchev–Trinajstić information content (AvgIpc) is 2.29. The summed E-state index contributed by atoms with van der Waals surface area (Å²) in [7, 11) is 0. The minimum atomic E-state index is -0.442. The molecule has 0 aromatic rings. The second-order valence-corrected chi connectivity index (χ2v) is 4.75. The van der Waals surface area contributed by atoms with Crippen LogP contribution in [-0.2, 0) is 19.1 Å². The van der Waals surface area contributed by atoms with Crippen molar-refractivity contribution in [3.63, 3.8) is 0 Å².